The standard InChI is InChI=1S/C36H29N3O2/c1-2-41-33-21-19-32(20-22-33)39-34(27-12-5-3-6-13-27)24-31(35(39)28-14-7-4-8-15-28)25-37-38-36(40)30-18-17-26-11-9-10-16-29(26)23-30/h3-25H,2H2,1H3,(H,38,40)/b37-25-. The van der Waals surface area contributed by atoms with E-state index >= 15 is 0 Å². The van der Waals surface area contributed by atoms with Gasteiger partial charge in [-0.2, -0.15) is 5.10 Å². The van der Waals surface area contributed by atoms with Gasteiger partial charge in [0.2, 0.25) is 0 Å². The van der Waals surface area contributed by atoms with Crippen molar-refractivity contribution in [3.05, 3.63) is 145 Å². The zero-order valence-electron chi connectivity index (χ0n) is 22.7. The molecule has 0 fully saturated rings. The maximum absolute atomic E-state index is 13.0. The van der Waals surface area contributed by atoms with Crippen LogP contribution < -0.4 is 10.2 Å². The van der Waals surface area contributed by atoms with Crippen LogP contribution >= 0.6 is 0 Å². The molecule has 0 aliphatic carbocycles. The second-order valence-electron chi connectivity index (χ2n) is 9.59. The van der Waals surface area contributed by atoms with Crippen molar-refractivity contribution in [3.8, 4) is 34.0 Å². The predicted molar refractivity (Wildman–Crippen MR) is 167 cm³/mol. The van der Waals surface area contributed by atoms with E-state index in [1.165, 1.54) is 0 Å². The van der Waals surface area contributed by atoms with E-state index in [-0.39, 0.29) is 5.91 Å². The molecular formula is C36H29N3O2. The number of rotatable bonds is 8. The molecule has 6 aromatic rings. The molecule has 0 spiro atoms. The molecule has 0 radical (unpaired) electrons. The fourth-order valence-electron chi connectivity index (χ4n) is 5.02. The smallest absolute Gasteiger partial charge is 0.271 e. The quantitative estimate of drug-likeness (QED) is 0.158. The van der Waals surface area contributed by atoms with Gasteiger partial charge in [-0.15, -0.1) is 0 Å². The van der Waals surface area contributed by atoms with Crippen molar-refractivity contribution >= 4 is 22.9 Å². The van der Waals surface area contributed by atoms with Gasteiger partial charge in [-0.25, -0.2) is 5.43 Å². The number of amides is 1. The van der Waals surface area contributed by atoms with Gasteiger partial charge in [-0.1, -0.05) is 91.0 Å². The van der Waals surface area contributed by atoms with Crippen molar-refractivity contribution in [1.82, 2.24) is 9.99 Å². The third-order valence-corrected chi connectivity index (χ3v) is 6.93. The van der Waals surface area contributed by atoms with Gasteiger partial charge >= 0.3 is 0 Å². The van der Waals surface area contributed by atoms with Crippen molar-refractivity contribution in [1.29, 1.82) is 0 Å². The van der Waals surface area contributed by atoms with Gasteiger partial charge in [0.1, 0.15) is 5.75 Å². The van der Waals surface area contributed by atoms with Crippen LogP contribution in [0.5, 0.6) is 5.75 Å². The molecule has 0 bridgehead atoms. The molecule has 0 saturated carbocycles. The fraction of sp³-hybridized carbons (Fsp3) is 0.0556. The number of fused-ring (bicyclic) bond motifs is 1. The van der Waals surface area contributed by atoms with Gasteiger partial charge in [0.15, 0.2) is 0 Å². The summed E-state index contributed by atoms with van der Waals surface area (Å²) in [6, 6.07) is 44.3. The maximum Gasteiger partial charge on any atom is 0.271 e. The van der Waals surface area contributed by atoms with Gasteiger partial charge in [-0.05, 0) is 71.3 Å². The van der Waals surface area contributed by atoms with Crippen LogP contribution in [0.1, 0.15) is 22.8 Å². The summed E-state index contributed by atoms with van der Waals surface area (Å²) >= 11 is 0. The first-order valence-electron chi connectivity index (χ1n) is 13.6. The Labute approximate surface area is 239 Å². The lowest BCUT2D eigenvalue weighted by Gasteiger charge is -2.15. The Morgan fingerprint density at radius 2 is 1.41 bits per heavy atom. The lowest BCUT2D eigenvalue weighted by Crippen LogP contribution is -2.17. The number of carbonyl (C=O) groups is 1. The molecule has 0 unspecified atom stereocenters. The Bertz CT molecular complexity index is 1820. The molecule has 1 amide bonds. The normalized spacial score (nSPS) is 11.1. The molecule has 1 heterocycles. The lowest BCUT2D eigenvalue weighted by molar-refractivity contribution is 0.0955. The van der Waals surface area contributed by atoms with E-state index < -0.39 is 0 Å². The fourth-order valence-corrected chi connectivity index (χ4v) is 5.02. The summed E-state index contributed by atoms with van der Waals surface area (Å²) in [7, 11) is 0. The van der Waals surface area contributed by atoms with Crippen molar-refractivity contribution in [3.63, 3.8) is 0 Å². The Kier molecular flexibility index (Phi) is 7.41. The minimum Gasteiger partial charge on any atom is -0.494 e. The number of hydrogen-bond acceptors (Lipinski definition) is 3. The van der Waals surface area contributed by atoms with Crippen LogP contribution in [0.2, 0.25) is 0 Å². The number of carbonyl (C=O) groups excluding carboxylic acids is 1. The molecule has 200 valence electrons. The largest absolute Gasteiger partial charge is 0.494 e. The predicted octanol–water partition coefficient (Wildman–Crippen LogP) is 8.13. The maximum atomic E-state index is 13.0. The summed E-state index contributed by atoms with van der Waals surface area (Å²) in [6.45, 7) is 2.59. The highest BCUT2D eigenvalue weighted by atomic mass is 16.5. The minimum atomic E-state index is -0.262. The van der Waals surface area contributed by atoms with Crippen LogP contribution in [0, 0.1) is 0 Å². The second kappa shape index (κ2) is 11.8. The highest BCUT2D eigenvalue weighted by molar-refractivity contribution is 5.99. The molecule has 5 heteroatoms. The molecular weight excluding hydrogens is 506 g/mol. The minimum absolute atomic E-state index is 0.262. The van der Waals surface area contributed by atoms with Gasteiger partial charge in [-0.3, -0.25) is 4.79 Å². The molecule has 1 N–H and O–H groups in total. The highest BCUT2D eigenvalue weighted by Crippen LogP contribution is 2.35. The topological polar surface area (TPSA) is 55.6 Å². The number of aromatic nitrogens is 1. The first kappa shape index (κ1) is 25.8. The molecule has 6 rings (SSSR count). The molecule has 0 aliphatic rings. The van der Waals surface area contributed by atoms with Crippen molar-refractivity contribution in [2.45, 2.75) is 6.92 Å². The van der Waals surface area contributed by atoms with Crippen molar-refractivity contribution in [2.75, 3.05) is 6.61 Å². The molecule has 41 heavy (non-hydrogen) atoms. The van der Waals surface area contributed by atoms with Crippen LogP contribution in [0.3, 0.4) is 0 Å². The monoisotopic (exact) mass is 535 g/mol. The molecule has 0 saturated heterocycles. The van der Waals surface area contributed by atoms with E-state index in [2.05, 4.69) is 57.6 Å². The lowest BCUT2D eigenvalue weighted by atomic mass is 10.1. The van der Waals surface area contributed by atoms with E-state index in [1.807, 2.05) is 97.9 Å². The van der Waals surface area contributed by atoms with Crippen LogP contribution in [0.4, 0.5) is 0 Å². The molecule has 0 atom stereocenters. The van der Waals surface area contributed by atoms with E-state index in [1.54, 1.807) is 6.21 Å². The van der Waals surface area contributed by atoms with Crippen molar-refractivity contribution in [2.24, 2.45) is 5.10 Å². The van der Waals surface area contributed by atoms with Gasteiger partial charge in [0.05, 0.1) is 24.2 Å². The molecule has 0 aliphatic heterocycles. The first-order valence-corrected chi connectivity index (χ1v) is 13.6. The van der Waals surface area contributed by atoms with Crippen LogP contribution in [-0.4, -0.2) is 23.3 Å². The average Bonchev–Trinajstić information content (AvgIpc) is 3.41. The summed E-state index contributed by atoms with van der Waals surface area (Å²) in [6.07, 6.45) is 1.72. The Morgan fingerprint density at radius 1 is 0.756 bits per heavy atom. The Hall–Kier alpha value is -5.42. The summed E-state index contributed by atoms with van der Waals surface area (Å²) in [4.78, 5) is 13.0. The summed E-state index contributed by atoms with van der Waals surface area (Å²) in [5.41, 5.74) is 9.23. The van der Waals surface area contributed by atoms with Crippen LogP contribution in [0.25, 0.3) is 39.0 Å². The molecule has 5 aromatic carbocycles. The second-order valence-corrected chi connectivity index (χ2v) is 9.59. The number of hydrazone groups is 1. The van der Waals surface area contributed by atoms with Crippen molar-refractivity contribution < 1.29 is 9.53 Å². The van der Waals surface area contributed by atoms with Crippen LogP contribution in [0.15, 0.2) is 139 Å². The third-order valence-electron chi connectivity index (χ3n) is 6.93. The zero-order valence-corrected chi connectivity index (χ0v) is 22.7. The van der Waals surface area contributed by atoms with E-state index in [9.17, 15) is 4.79 Å². The average molecular weight is 536 g/mol. The van der Waals surface area contributed by atoms with E-state index in [0.29, 0.717) is 12.2 Å². The molecule has 1 aromatic heterocycles. The number of hydrogen-bond donors (Lipinski definition) is 1. The van der Waals surface area contributed by atoms with Gasteiger partial charge in [0, 0.05) is 16.8 Å². The Balaban J connectivity index is 1.42. The van der Waals surface area contributed by atoms with E-state index in [0.717, 1.165) is 50.3 Å². The molecule has 5 nitrogen and oxygen atoms in total. The van der Waals surface area contributed by atoms with Gasteiger partial charge in [0.25, 0.3) is 5.91 Å². The number of ether oxygens (including phenoxy) is 1. The summed E-state index contributed by atoms with van der Waals surface area (Å²) in [5.74, 6) is 0.562. The summed E-state index contributed by atoms with van der Waals surface area (Å²) in [5, 5.41) is 6.50. The van der Waals surface area contributed by atoms with Crippen LogP contribution in [-0.2, 0) is 0 Å². The number of nitrogens with zero attached hydrogens (tertiary/aromatic N) is 2. The number of nitrogens with one attached hydrogen (secondary N) is 1. The number of benzene rings is 5. The first-order chi connectivity index (χ1) is 20.2. The zero-order chi connectivity index (χ0) is 28.0. The Morgan fingerprint density at radius 3 is 2.12 bits per heavy atom. The highest BCUT2D eigenvalue weighted by Gasteiger charge is 2.19. The van der Waals surface area contributed by atoms with E-state index in [4.69, 9.17) is 4.74 Å². The summed E-state index contributed by atoms with van der Waals surface area (Å²) < 4.78 is 7.93. The van der Waals surface area contributed by atoms with Gasteiger partial charge < -0.3 is 9.30 Å². The third kappa shape index (κ3) is 5.52. The SMILES string of the molecule is CCOc1ccc(-n2c(-c3ccccc3)cc(/C=N\NC(=O)c3ccc4ccccc4c3)c2-c2ccccc2)cc1.